The lowest BCUT2D eigenvalue weighted by atomic mass is 9.84. The Morgan fingerprint density at radius 2 is 0.639 bits per heavy atom. The van der Waals surface area contributed by atoms with Gasteiger partial charge < -0.3 is 0 Å². The van der Waals surface area contributed by atoms with Crippen LogP contribution in [0.2, 0.25) is 0 Å². The maximum atomic E-state index is 12.0. The monoisotopic (exact) mass is 730 g/mol. The van der Waals surface area contributed by atoms with E-state index < -0.39 is 23.1 Å². The third-order valence-electron chi connectivity index (χ3n) is 5.79. The standard InChI is InChI=1S/C14H6Br2O2.C14H8O2.Br2/c15-7-1-3-9-11(5-7)12-6-8(16)2-4-10(12)14(18)13(9)17;15-13-11-7-3-1-5-9(11)10-6-2-4-8-12(10)14(13)16;1-2/h1-6H;1-8H;. The predicted octanol–water partition coefficient (Wildman–Crippen LogP) is 8.68. The predicted molar refractivity (Wildman–Crippen MR) is 154 cm³/mol. The van der Waals surface area contributed by atoms with Gasteiger partial charge in [-0.25, -0.2) is 0 Å². The van der Waals surface area contributed by atoms with Crippen LogP contribution in [0.1, 0.15) is 41.4 Å². The number of carbonyl (C=O) groups is 4. The summed E-state index contributed by atoms with van der Waals surface area (Å²) < 4.78 is 1.77. The van der Waals surface area contributed by atoms with Crippen molar-refractivity contribution in [3.8, 4) is 22.3 Å². The van der Waals surface area contributed by atoms with Gasteiger partial charge in [0.05, 0.1) is 0 Å². The summed E-state index contributed by atoms with van der Waals surface area (Å²) in [6.45, 7) is 0. The number of ketones is 4. The molecule has 8 heteroatoms. The summed E-state index contributed by atoms with van der Waals surface area (Å²) in [5.41, 5.74) is 5.24. The molecule has 178 valence electrons. The topological polar surface area (TPSA) is 68.3 Å². The highest BCUT2D eigenvalue weighted by Crippen LogP contribution is 2.37. The summed E-state index contributed by atoms with van der Waals surface area (Å²) >= 11 is 12.3. The van der Waals surface area contributed by atoms with Gasteiger partial charge in [-0.2, -0.15) is 0 Å². The van der Waals surface area contributed by atoms with Crippen molar-refractivity contribution >= 4 is 83.2 Å². The van der Waals surface area contributed by atoms with E-state index in [0.717, 1.165) is 31.2 Å². The third kappa shape index (κ3) is 4.87. The molecule has 0 atom stereocenters. The zero-order valence-corrected chi connectivity index (χ0v) is 24.6. The van der Waals surface area contributed by atoms with Crippen molar-refractivity contribution in [2.75, 3.05) is 0 Å². The molecule has 0 aliphatic heterocycles. The van der Waals surface area contributed by atoms with Gasteiger partial charge in [0, 0.05) is 59.5 Å². The molecule has 2 aliphatic rings. The minimum atomic E-state index is -0.438. The second-order valence-corrected chi connectivity index (χ2v) is 9.62. The number of hydrogen-bond acceptors (Lipinski definition) is 4. The number of halogens is 4. The van der Waals surface area contributed by atoms with Gasteiger partial charge in [0.25, 0.3) is 0 Å². The normalized spacial score (nSPS) is 12.7. The first-order chi connectivity index (χ1) is 17.4. The zero-order chi connectivity index (χ0) is 26.0. The maximum absolute atomic E-state index is 12.0. The fraction of sp³-hybridized carbons (Fsp3) is 0. The molecule has 0 heterocycles. The largest absolute Gasteiger partial charge is 0.285 e. The van der Waals surface area contributed by atoms with Crippen LogP contribution in [0.15, 0.2) is 93.9 Å². The Morgan fingerprint density at radius 3 is 0.972 bits per heavy atom. The minimum Gasteiger partial charge on any atom is -0.285 e. The molecule has 0 saturated carbocycles. The first kappa shape index (κ1) is 26.5. The molecule has 0 spiro atoms. The van der Waals surface area contributed by atoms with Crippen molar-refractivity contribution in [1.82, 2.24) is 0 Å². The third-order valence-corrected chi connectivity index (χ3v) is 6.78. The molecule has 0 aromatic heterocycles. The van der Waals surface area contributed by atoms with Crippen molar-refractivity contribution in [2.45, 2.75) is 0 Å². The van der Waals surface area contributed by atoms with Crippen LogP contribution in [0.4, 0.5) is 0 Å². The average Bonchev–Trinajstić information content (AvgIpc) is 2.92. The molecule has 0 radical (unpaired) electrons. The van der Waals surface area contributed by atoms with Crippen LogP contribution in [-0.2, 0) is 0 Å². The molecule has 0 unspecified atom stereocenters. The van der Waals surface area contributed by atoms with E-state index in [1.54, 1.807) is 48.5 Å². The zero-order valence-electron chi connectivity index (χ0n) is 18.2. The SMILES string of the molecule is BrBr.O=C1C(=O)c2ccc(Br)cc2-c2cc(Br)ccc21.O=C1C(=O)c2ccccc2-c2ccccc21. The van der Waals surface area contributed by atoms with Crippen molar-refractivity contribution in [3.63, 3.8) is 0 Å². The molecule has 4 aromatic rings. The minimum absolute atomic E-state index is 0.408. The van der Waals surface area contributed by atoms with E-state index in [-0.39, 0.29) is 0 Å². The van der Waals surface area contributed by atoms with E-state index in [1.807, 2.05) is 36.4 Å². The molecule has 4 aromatic carbocycles. The van der Waals surface area contributed by atoms with Gasteiger partial charge in [-0.05, 0) is 58.7 Å². The first-order valence-corrected chi connectivity index (χ1v) is 15.8. The van der Waals surface area contributed by atoms with E-state index >= 15 is 0 Å². The quantitative estimate of drug-likeness (QED) is 0.170. The van der Waals surface area contributed by atoms with E-state index in [0.29, 0.717) is 22.3 Å². The van der Waals surface area contributed by atoms with Gasteiger partial charge in [-0.15, -0.1) is 0 Å². The van der Waals surface area contributed by atoms with E-state index in [4.69, 9.17) is 0 Å². The fourth-order valence-electron chi connectivity index (χ4n) is 4.20. The molecule has 6 rings (SSSR count). The van der Waals surface area contributed by atoms with Crippen molar-refractivity contribution in [2.24, 2.45) is 0 Å². The highest BCUT2D eigenvalue weighted by atomic mass is 80.9. The highest BCUT2D eigenvalue weighted by Gasteiger charge is 2.31. The summed E-state index contributed by atoms with van der Waals surface area (Å²) in [7, 11) is 0. The Morgan fingerprint density at radius 1 is 0.361 bits per heavy atom. The first-order valence-electron chi connectivity index (χ1n) is 10.5. The molecular weight excluding hydrogens is 720 g/mol. The van der Waals surface area contributed by atoms with Gasteiger partial charge in [-0.3, -0.25) is 19.2 Å². The number of rotatable bonds is 0. The molecule has 0 amide bonds. The summed E-state index contributed by atoms with van der Waals surface area (Å²) in [6, 6.07) is 25.1. The Balaban J connectivity index is 0.000000159. The summed E-state index contributed by atoms with van der Waals surface area (Å²) in [5, 5.41) is 0. The van der Waals surface area contributed by atoms with Crippen LogP contribution in [0, 0.1) is 0 Å². The molecule has 0 bridgehead atoms. The summed E-state index contributed by atoms with van der Waals surface area (Å²) in [4.78, 5) is 47.7. The summed E-state index contributed by atoms with van der Waals surface area (Å²) in [5.74, 6) is -1.69. The molecule has 0 saturated heterocycles. The molecule has 0 N–H and O–H groups in total. The van der Waals surface area contributed by atoms with Crippen LogP contribution >= 0.6 is 60.1 Å². The van der Waals surface area contributed by atoms with E-state index in [2.05, 4.69) is 60.1 Å². The van der Waals surface area contributed by atoms with E-state index in [1.165, 1.54) is 0 Å². The van der Waals surface area contributed by atoms with Crippen molar-refractivity contribution in [3.05, 3.63) is 116 Å². The van der Waals surface area contributed by atoms with Crippen molar-refractivity contribution in [1.29, 1.82) is 0 Å². The van der Waals surface area contributed by atoms with E-state index in [9.17, 15) is 19.2 Å². The Labute approximate surface area is 239 Å². The lowest BCUT2D eigenvalue weighted by Crippen LogP contribution is -2.21. The molecule has 0 fully saturated rings. The second kappa shape index (κ2) is 11.3. The fourth-order valence-corrected chi connectivity index (χ4v) is 4.92. The number of fused-ring (bicyclic) bond motifs is 6. The van der Waals surface area contributed by atoms with Gasteiger partial charge in [0.1, 0.15) is 0 Å². The van der Waals surface area contributed by atoms with Gasteiger partial charge >= 0.3 is 0 Å². The maximum Gasteiger partial charge on any atom is 0.234 e. The van der Waals surface area contributed by atoms with Crippen LogP contribution in [0.3, 0.4) is 0 Å². The second-order valence-electron chi connectivity index (χ2n) is 7.79. The smallest absolute Gasteiger partial charge is 0.234 e. The van der Waals surface area contributed by atoms with Crippen LogP contribution < -0.4 is 0 Å². The van der Waals surface area contributed by atoms with Crippen molar-refractivity contribution < 1.29 is 19.2 Å². The highest BCUT2D eigenvalue weighted by molar-refractivity contribution is 9.93. The van der Waals surface area contributed by atoms with Crippen LogP contribution in [0.25, 0.3) is 22.3 Å². The Bertz CT molecular complexity index is 1440. The lowest BCUT2D eigenvalue weighted by molar-refractivity contribution is 0.0815. The van der Waals surface area contributed by atoms with Gasteiger partial charge in [0.15, 0.2) is 0 Å². The number of Topliss-reactive ketones (excluding diaryl/α,β-unsaturated/α-hetero) is 4. The van der Waals surface area contributed by atoms with Gasteiger partial charge in [-0.1, -0.05) is 80.4 Å². The lowest BCUT2D eigenvalue weighted by Gasteiger charge is -2.18. The molecule has 2 aliphatic carbocycles. The van der Waals surface area contributed by atoms with Crippen LogP contribution in [0.5, 0.6) is 0 Å². The Hall–Kier alpha value is -2.52. The number of carbonyl (C=O) groups excluding carboxylic acids is 4. The van der Waals surface area contributed by atoms with Gasteiger partial charge in [0.2, 0.25) is 23.1 Å². The van der Waals surface area contributed by atoms with Crippen LogP contribution in [-0.4, -0.2) is 23.1 Å². The molecular formula is C28H14Br4O4. The summed E-state index contributed by atoms with van der Waals surface area (Å²) in [6.07, 6.45) is 0. The number of hydrogen-bond donors (Lipinski definition) is 0. The Kier molecular flexibility index (Phi) is 8.30. The number of benzene rings is 4. The molecule has 36 heavy (non-hydrogen) atoms. The average molecular weight is 734 g/mol. The molecule has 4 nitrogen and oxygen atoms in total.